The minimum absolute atomic E-state index is 0.105. The maximum atomic E-state index is 12.2. The highest BCUT2D eigenvalue weighted by Gasteiger charge is 2.24. The van der Waals surface area contributed by atoms with Crippen LogP contribution in [0.25, 0.3) is 0 Å². The van der Waals surface area contributed by atoms with Gasteiger partial charge in [-0.25, -0.2) is 4.98 Å². The van der Waals surface area contributed by atoms with Crippen molar-refractivity contribution in [2.45, 2.75) is 32.4 Å². The van der Waals surface area contributed by atoms with E-state index in [2.05, 4.69) is 33.2 Å². The summed E-state index contributed by atoms with van der Waals surface area (Å²) in [7, 11) is 0. The highest BCUT2D eigenvalue weighted by molar-refractivity contribution is 5.92. The summed E-state index contributed by atoms with van der Waals surface area (Å²) in [5.41, 5.74) is 1.62. The maximum absolute atomic E-state index is 12.2. The highest BCUT2D eigenvalue weighted by Crippen LogP contribution is 2.15. The molecule has 1 atom stereocenters. The summed E-state index contributed by atoms with van der Waals surface area (Å²) in [5.74, 6) is 0.569. The van der Waals surface area contributed by atoms with Crippen molar-refractivity contribution in [1.82, 2.24) is 20.2 Å². The first-order chi connectivity index (χ1) is 12.2. The summed E-state index contributed by atoms with van der Waals surface area (Å²) >= 11 is 0. The minimum atomic E-state index is -0.105. The lowest BCUT2D eigenvalue weighted by Crippen LogP contribution is -2.37. The number of carbonyl (C=O) groups is 1. The van der Waals surface area contributed by atoms with E-state index >= 15 is 0 Å². The molecule has 25 heavy (non-hydrogen) atoms. The van der Waals surface area contributed by atoms with Crippen molar-refractivity contribution in [1.29, 1.82) is 0 Å². The molecule has 1 N–H and O–H groups in total. The van der Waals surface area contributed by atoms with Crippen LogP contribution in [-0.2, 0) is 6.54 Å². The zero-order valence-corrected chi connectivity index (χ0v) is 14.5. The SMILES string of the molecule is CCCOc1ccc(CN2CC[C@@H](NC(=O)c3ccccn3)C2)cn1. The van der Waals surface area contributed by atoms with Gasteiger partial charge < -0.3 is 10.1 Å². The number of likely N-dealkylation sites (tertiary alicyclic amines) is 1. The first-order valence-corrected chi connectivity index (χ1v) is 8.76. The standard InChI is InChI=1S/C19H24N4O2/c1-2-11-25-18-7-6-15(12-21-18)13-23-10-8-16(14-23)22-19(24)17-5-3-4-9-20-17/h3-7,9,12,16H,2,8,10-11,13-14H2,1H3,(H,22,24)/t16-/m1/s1. The van der Waals surface area contributed by atoms with Gasteiger partial charge in [0.1, 0.15) is 5.69 Å². The van der Waals surface area contributed by atoms with Gasteiger partial charge in [-0.15, -0.1) is 0 Å². The van der Waals surface area contributed by atoms with E-state index in [9.17, 15) is 4.79 Å². The Morgan fingerprint density at radius 1 is 1.32 bits per heavy atom. The van der Waals surface area contributed by atoms with Crippen molar-refractivity contribution in [3.63, 3.8) is 0 Å². The smallest absolute Gasteiger partial charge is 0.270 e. The molecular formula is C19H24N4O2. The lowest BCUT2D eigenvalue weighted by molar-refractivity contribution is 0.0932. The predicted molar refractivity (Wildman–Crippen MR) is 95.4 cm³/mol. The number of pyridine rings is 2. The van der Waals surface area contributed by atoms with Gasteiger partial charge in [0.25, 0.3) is 5.91 Å². The number of nitrogens with one attached hydrogen (secondary N) is 1. The molecule has 2 aromatic rings. The van der Waals surface area contributed by atoms with Crippen LogP contribution in [0.2, 0.25) is 0 Å². The van der Waals surface area contributed by atoms with Crippen molar-refractivity contribution in [2.24, 2.45) is 0 Å². The van der Waals surface area contributed by atoms with Gasteiger partial charge in [0.15, 0.2) is 0 Å². The fraction of sp³-hybridized carbons (Fsp3) is 0.421. The Morgan fingerprint density at radius 3 is 2.96 bits per heavy atom. The first kappa shape index (κ1) is 17.4. The molecule has 6 nitrogen and oxygen atoms in total. The van der Waals surface area contributed by atoms with Crippen LogP contribution in [0.15, 0.2) is 42.7 Å². The number of rotatable bonds is 7. The van der Waals surface area contributed by atoms with E-state index in [0.717, 1.165) is 38.0 Å². The summed E-state index contributed by atoms with van der Waals surface area (Å²) in [6, 6.07) is 9.49. The van der Waals surface area contributed by atoms with Crippen LogP contribution in [-0.4, -0.2) is 46.5 Å². The molecule has 132 valence electrons. The van der Waals surface area contributed by atoms with Crippen molar-refractivity contribution in [2.75, 3.05) is 19.7 Å². The molecule has 0 unspecified atom stereocenters. The topological polar surface area (TPSA) is 67.3 Å². The summed E-state index contributed by atoms with van der Waals surface area (Å²) < 4.78 is 5.50. The van der Waals surface area contributed by atoms with Crippen molar-refractivity contribution >= 4 is 5.91 Å². The average Bonchev–Trinajstić information content (AvgIpc) is 3.08. The zero-order chi connectivity index (χ0) is 17.5. The molecule has 0 aliphatic carbocycles. The third-order valence-electron chi connectivity index (χ3n) is 4.16. The van der Waals surface area contributed by atoms with Gasteiger partial charge in [0, 0.05) is 44.1 Å². The van der Waals surface area contributed by atoms with E-state index in [4.69, 9.17) is 4.74 Å². The van der Waals surface area contributed by atoms with E-state index in [0.29, 0.717) is 18.2 Å². The number of ether oxygens (including phenoxy) is 1. The van der Waals surface area contributed by atoms with Gasteiger partial charge >= 0.3 is 0 Å². The summed E-state index contributed by atoms with van der Waals surface area (Å²) in [5, 5.41) is 3.06. The van der Waals surface area contributed by atoms with Gasteiger partial charge in [0.05, 0.1) is 6.61 Å². The molecule has 1 amide bonds. The molecule has 3 rings (SSSR count). The van der Waals surface area contributed by atoms with Crippen molar-refractivity contribution in [3.05, 3.63) is 54.0 Å². The molecule has 0 radical (unpaired) electrons. The largest absolute Gasteiger partial charge is 0.478 e. The number of amides is 1. The average molecular weight is 340 g/mol. The molecule has 1 aliphatic heterocycles. The Hall–Kier alpha value is -2.47. The monoisotopic (exact) mass is 340 g/mol. The second kappa shape index (κ2) is 8.58. The van der Waals surface area contributed by atoms with Crippen LogP contribution < -0.4 is 10.1 Å². The molecule has 6 heteroatoms. The predicted octanol–water partition coefficient (Wildman–Crippen LogP) is 2.27. The fourth-order valence-corrected chi connectivity index (χ4v) is 2.91. The Morgan fingerprint density at radius 2 is 2.24 bits per heavy atom. The Labute approximate surface area is 148 Å². The quantitative estimate of drug-likeness (QED) is 0.837. The highest BCUT2D eigenvalue weighted by atomic mass is 16.5. The molecule has 0 saturated carbocycles. The normalized spacial score (nSPS) is 17.4. The molecule has 0 spiro atoms. The van der Waals surface area contributed by atoms with E-state index < -0.39 is 0 Å². The second-order valence-corrected chi connectivity index (χ2v) is 6.26. The van der Waals surface area contributed by atoms with Crippen LogP contribution >= 0.6 is 0 Å². The second-order valence-electron chi connectivity index (χ2n) is 6.26. The van der Waals surface area contributed by atoms with Crippen LogP contribution in [0.5, 0.6) is 5.88 Å². The Bertz CT molecular complexity index is 676. The molecule has 2 aromatic heterocycles. The maximum Gasteiger partial charge on any atom is 0.270 e. The van der Waals surface area contributed by atoms with Crippen molar-refractivity contribution < 1.29 is 9.53 Å². The number of aromatic nitrogens is 2. The van der Waals surface area contributed by atoms with Crippen LogP contribution in [0, 0.1) is 0 Å². The lowest BCUT2D eigenvalue weighted by atomic mass is 10.2. The van der Waals surface area contributed by atoms with Crippen molar-refractivity contribution in [3.8, 4) is 5.88 Å². The molecule has 1 aliphatic rings. The molecule has 1 fully saturated rings. The van der Waals surface area contributed by atoms with Gasteiger partial charge in [-0.2, -0.15) is 0 Å². The van der Waals surface area contributed by atoms with Gasteiger partial charge in [-0.3, -0.25) is 14.7 Å². The third kappa shape index (κ3) is 5.00. The van der Waals surface area contributed by atoms with E-state index in [1.54, 1.807) is 18.3 Å². The summed E-state index contributed by atoms with van der Waals surface area (Å²) in [4.78, 5) is 22.9. The minimum Gasteiger partial charge on any atom is -0.478 e. The van der Waals surface area contributed by atoms with E-state index in [1.807, 2.05) is 18.3 Å². The molecule has 0 bridgehead atoms. The van der Waals surface area contributed by atoms with Gasteiger partial charge in [-0.1, -0.05) is 19.1 Å². The van der Waals surface area contributed by atoms with Crippen LogP contribution in [0.1, 0.15) is 35.8 Å². The number of carbonyl (C=O) groups excluding carboxylic acids is 1. The number of hydrogen-bond acceptors (Lipinski definition) is 5. The number of hydrogen-bond donors (Lipinski definition) is 1. The molecule has 1 saturated heterocycles. The molecule has 0 aromatic carbocycles. The Kier molecular flexibility index (Phi) is 5.95. The van der Waals surface area contributed by atoms with E-state index in [1.165, 1.54) is 0 Å². The first-order valence-electron chi connectivity index (χ1n) is 8.76. The third-order valence-corrected chi connectivity index (χ3v) is 4.16. The molecule has 3 heterocycles. The summed E-state index contributed by atoms with van der Waals surface area (Å²) in [6.07, 6.45) is 5.42. The zero-order valence-electron chi connectivity index (χ0n) is 14.5. The number of nitrogens with zero attached hydrogens (tertiary/aromatic N) is 3. The lowest BCUT2D eigenvalue weighted by Gasteiger charge is -2.16. The Balaban J connectivity index is 1.47. The molecular weight excluding hydrogens is 316 g/mol. The fourth-order valence-electron chi connectivity index (χ4n) is 2.91. The van der Waals surface area contributed by atoms with Gasteiger partial charge in [0.2, 0.25) is 5.88 Å². The van der Waals surface area contributed by atoms with Crippen LogP contribution in [0.4, 0.5) is 0 Å². The van der Waals surface area contributed by atoms with Crippen LogP contribution in [0.3, 0.4) is 0 Å². The van der Waals surface area contributed by atoms with Gasteiger partial charge in [-0.05, 0) is 30.5 Å². The van der Waals surface area contributed by atoms with E-state index in [-0.39, 0.29) is 11.9 Å². The summed E-state index contributed by atoms with van der Waals surface area (Å²) in [6.45, 7) is 5.39.